The van der Waals surface area contributed by atoms with E-state index in [9.17, 15) is 4.79 Å². The normalized spacial score (nSPS) is 10.2. The Hall–Kier alpha value is -2.30. The fourth-order valence-corrected chi connectivity index (χ4v) is 1.43. The molecule has 0 spiro atoms. The van der Waals surface area contributed by atoms with Gasteiger partial charge in [-0.2, -0.15) is 0 Å². The molecule has 0 aliphatic carbocycles. The SMILES string of the molecule is Cc1ccc(NC(=O)c2ncc(C)o2)c(N)c1. The Morgan fingerprint density at radius 3 is 2.76 bits per heavy atom. The molecule has 0 unspecified atom stereocenters. The summed E-state index contributed by atoms with van der Waals surface area (Å²) in [6.45, 7) is 3.66. The number of carbonyl (C=O) groups is 1. The van der Waals surface area contributed by atoms with Gasteiger partial charge in [-0.25, -0.2) is 4.98 Å². The van der Waals surface area contributed by atoms with E-state index < -0.39 is 5.91 Å². The summed E-state index contributed by atoms with van der Waals surface area (Å²) < 4.78 is 5.12. The van der Waals surface area contributed by atoms with E-state index in [-0.39, 0.29) is 5.89 Å². The number of aryl methyl sites for hydroxylation is 2. The summed E-state index contributed by atoms with van der Waals surface area (Å²) in [6, 6.07) is 5.40. The fraction of sp³-hybridized carbons (Fsp3) is 0.167. The van der Waals surface area contributed by atoms with E-state index in [4.69, 9.17) is 10.2 Å². The summed E-state index contributed by atoms with van der Waals surface area (Å²) in [5.41, 5.74) is 7.89. The molecular weight excluding hydrogens is 218 g/mol. The zero-order valence-corrected chi connectivity index (χ0v) is 9.65. The van der Waals surface area contributed by atoms with E-state index in [1.807, 2.05) is 13.0 Å². The number of hydrogen-bond acceptors (Lipinski definition) is 4. The first kappa shape index (κ1) is 11.2. The van der Waals surface area contributed by atoms with Crippen molar-refractivity contribution in [3.05, 3.63) is 41.6 Å². The van der Waals surface area contributed by atoms with Gasteiger partial charge in [-0.1, -0.05) is 6.07 Å². The number of hydrogen-bond donors (Lipinski definition) is 2. The van der Waals surface area contributed by atoms with Crippen molar-refractivity contribution in [2.75, 3.05) is 11.1 Å². The van der Waals surface area contributed by atoms with E-state index in [1.54, 1.807) is 19.1 Å². The predicted octanol–water partition coefficient (Wildman–Crippen LogP) is 2.13. The molecule has 88 valence electrons. The standard InChI is InChI=1S/C12H13N3O2/c1-7-3-4-10(9(13)5-7)15-11(16)12-14-6-8(2)17-12/h3-6H,13H2,1-2H3,(H,15,16). The summed E-state index contributed by atoms with van der Waals surface area (Å²) in [5, 5.41) is 2.65. The first-order valence-corrected chi connectivity index (χ1v) is 5.16. The summed E-state index contributed by atoms with van der Waals surface area (Å²) in [6.07, 6.45) is 1.49. The van der Waals surface area contributed by atoms with Gasteiger partial charge in [-0.05, 0) is 31.5 Å². The molecule has 0 atom stereocenters. The third kappa shape index (κ3) is 2.44. The van der Waals surface area contributed by atoms with Gasteiger partial charge in [0.05, 0.1) is 17.6 Å². The lowest BCUT2D eigenvalue weighted by Gasteiger charge is -2.06. The fourth-order valence-electron chi connectivity index (χ4n) is 1.43. The van der Waals surface area contributed by atoms with Crippen molar-refractivity contribution < 1.29 is 9.21 Å². The van der Waals surface area contributed by atoms with Crippen LogP contribution in [0.25, 0.3) is 0 Å². The van der Waals surface area contributed by atoms with Crippen LogP contribution in [0.2, 0.25) is 0 Å². The molecule has 1 amide bonds. The second kappa shape index (κ2) is 4.29. The summed E-state index contributed by atoms with van der Waals surface area (Å²) in [7, 11) is 0. The lowest BCUT2D eigenvalue weighted by atomic mass is 10.2. The number of anilines is 2. The zero-order valence-electron chi connectivity index (χ0n) is 9.65. The topological polar surface area (TPSA) is 81.2 Å². The highest BCUT2D eigenvalue weighted by atomic mass is 16.4. The molecule has 5 nitrogen and oxygen atoms in total. The third-order valence-corrected chi connectivity index (χ3v) is 2.27. The van der Waals surface area contributed by atoms with Crippen LogP contribution < -0.4 is 11.1 Å². The molecule has 3 N–H and O–H groups in total. The number of carbonyl (C=O) groups excluding carboxylic acids is 1. The maximum Gasteiger partial charge on any atom is 0.311 e. The minimum atomic E-state index is -0.409. The van der Waals surface area contributed by atoms with Crippen LogP contribution in [0.5, 0.6) is 0 Å². The molecule has 2 rings (SSSR count). The first-order valence-electron chi connectivity index (χ1n) is 5.16. The Balaban J connectivity index is 2.18. The predicted molar refractivity (Wildman–Crippen MR) is 64.8 cm³/mol. The smallest absolute Gasteiger partial charge is 0.311 e. The van der Waals surface area contributed by atoms with Crippen LogP contribution in [0.1, 0.15) is 22.0 Å². The average molecular weight is 231 g/mol. The van der Waals surface area contributed by atoms with Gasteiger partial charge in [0, 0.05) is 0 Å². The second-order valence-electron chi connectivity index (χ2n) is 3.82. The van der Waals surface area contributed by atoms with Crippen LogP contribution in [-0.2, 0) is 0 Å². The molecule has 0 saturated heterocycles. The van der Waals surface area contributed by atoms with Crippen molar-refractivity contribution >= 4 is 17.3 Å². The summed E-state index contributed by atoms with van der Waals surface area (Å²) in [5.74, 6) is 0.211. The van der Waals surface area contributed by atoms with Crippen LogP contribution in [-0.4, -0.2) is 10.9 Å². The molecule has 0 fully saturated rings. The van der Waals surface area contributed by atoms with Gasteiger partial charge in [-0.3, -0.25) is 4.79 Å². The van der Waals surface area contributed by atoms with Crippen LogP contribution >= 0.6 is 0 Å². The van der Waals surface area contributed by atoms with Gasteiger partial charge >= 0.3 is 5.91 Å². The highest BCUT2D eigenvalue weighted by Gasteiger charge is 2.13. The number of aromatic nitrogens is 1. The number of rotatable bonds is 2. The summed E-state index contributed by atoms with van der Waals surface area (Å²) >= 11 is 0. The Kier molecular flexibility index (Phi) is 2.82. The Morgan fingerprint density at radius 1 is 1.41 bits per heavy atom. The molecule has 5 heteroatoms. The Morgan fingerprint density at radius 2 is 2.18 bits per heavy atom. The van der Waals surface area contributed by atoms with Crippen molar-refractivity contribution in [1.29, 1.82) is 0 Å². The summed E-state index contributed by atoms with van der Waals surface area (Å²) in [4.78, 5) is 15.6. The van der Waals surface area contributed by atoms with Crippen molar-refractivity contribution in [3.8, 4) is 0 Å². The van der Waals surface area contributed by atoms with Crippen LogP contribution in [0.3, 0.4) is 0 Å². The molecule has 0 saturated carbocycles. The van der Waals surface area contributed by atoms with Crippen LogP contribution in [0.4, 0.5) is 11.4 Å². The van der Waals surface area contributed by atoms with Gasteiger partial charge in [0.15, 0.2) is 0 Å². The highest BCUT2D eigenvalue weighted by Crippen LogP contribution is 2.20. The van der Waals surface area contributed by atoms with Crippen molar-refractivity contribution in [3.63, 3.8) is 0 Å². The molecule has 1 aromatic carbocycles. The van der Waals surface area contributed by atoms with E-state index in [1.165, 1.54) is 6.20 Å². The Labute approximate surface area is 98.6 Å². The first-order chi connectivity index (χ1) is 8.06. The molecule has 2 aromatic rings. The maximum absolute atomic E-state index is 11.7. The van der Waals surface area contributed by atoms with E-state index in [0.29, 0.717) is 17.1 Å². The van der Waals surface area contributed by atoms with Crippen molar-refractivity contribution in [2.45, 2.75) is 13.8 Å². The van der Waals surface area contributed by atoms with Crippen molar-refractivity contribution in [1.82, 2.24) is 4.98 Å². The second-order valence-corrected chi connectivity index (χ2v) is 3.82. The monoisotopic (exact) mass is 231 g/mol. The maximum atomic E-state index is 11.7. The van der Waals surface area contributed by atoms with Gasteiger partial charge in [0.25, 0.3) is 5.89 Å². The molecule has 0 bridgehead atoms. The number of benzene rings is 1. The van der Waals surface area contributed by atoms with Crippen molar-refractivity contribution in [2.24, 2.45) is 0 Å². The molecule has 1 heterocycles. The zero-order chi connectivity index (χ0) is 12.4. The number of nitrogens with one attached hydrogen (secondary N) is 1. The minimum absolute atomic E-state index is 0.0301. The third-order valence-electron chi connectivity index (χ3n) is 2.27. The molecule has 0 aliphatic heterocycles. The molecule has 17 heavy (non-hydrogen) atoms. The van der Waals surface area contributed by atoms with E-state index in [0.717, 1.165) is 5.56 Å². The quantitative estimate of drug-likeness (QED) is 0.776. The number of oxazole rings is 1. The van der Waals surface area contributed by atoms with E-state index >= 15 is 0 Å². The molecule has 1 aromatic heterocycles. The Bertz CT molecular complexity index is 561. The largest absolute Gasteiger partial charge is 0.438 e. The lowest BCUT2D eigenvalue weighted by Crippen LogP contribution is -2.13. The highest BCUT2D eigenvalue weighted by molar-refractivity contribution is 6.02. The number of nitrogens with zero attached hydrogens (tertiary/aromatic N) is 1. The molecular formula is C12H13N3O2. The van der Waals surface area contributed by atoms with Gasteiger partial charge in [0.1, 0.15) is 5.76 Å². The van der Waals surface area contributed by atoms with Gasteiger partial charge in [-0.15, -0.1) is 0 Å². The van der Waals surface area contributed by atoms with Gasteiger partial charge in [0.2, 0.25) is 0 Å². The van der Waals surface area contributed by atoms with Crippen LogP contribution in [0.15, 0.2) is 28.8 Å². The minimum Gasteiger partial charge on any atom is -0.438 e. The average Bonchev–Trinajstić information content (AvgIpc) is 2.69. The number of nitrogen functional groups attached to an aromatic ring is 1. The molecule has 0 aliphatic rings. The number of amides is 1. The lowest BCUT2D eigenvalue weighted by molar-refractivity contribution is 0.0989. The number of nitrogens with two attached hydrogens (primary N) is 1. The van der Waals surface area contributed by atoms with Gasteiger partial charge < -0.3 is 15.5 Å². The van der Waals surface area contributed by atoms with Crippen LogP contribution in [0, 0.1) is 13.8 Å². The van der Waals surface area contributed by atoms with E-state index in [2.05, 4.69) is 10.3 Å². The molecule has 0 radical (unpaired) electrons.